The van der Waals surface area contributed by atoms with Crippen LogP contribution in [0.5, 0.6) is 0 Å². The van der Waals surface area contributed by atoms with E-state index in [-0.39, 0.29) is 5.56 Å². The third-order valence-corrected chi connectivity index (χ3v) is 3.47. The van der Waals surface area contributed by atoms with Gasteiger partial charge in [-0.3, -0.25) is 0 Å². The van der Waals surface area contributed by atoms with Crippen molar-refractivity contribution < 1.29 is 18.7 Å². The van der Waals surface area contributed by atoms with Crippen molar-refractivity contribution in [2.45, 2.75) is 17.6 Å². The van der Waals surface area contributed by atoms with Gasteiger partial charge in [-0.2, -0.15) is 8.78 Å². The lowest BCUT2D eigenvalue weighted by Crippen LogP contribution is -2.04. The molecular weight excluding hydrogens is 298 g/mol. The van der Waals surface area contributed by atoms with Crippen LogP contribution in [0.2, 0.25) is 0 Å². The van der Waals surface area contributed by atoms with Crippen molar-refractivity contribution in [1.82, 2.24) is 4.98 Å². The summed E-state index contributed by atoms with van der Waals surface area (Å²) in [5, 5.41) is 11.9. The Morgan fingerprint density at radius 3 is 2.62 bits per heavy atom. The highest BCUT2D eigenvalue weighted by molar-refractivity contribution is 7.99. The van der Waals surface area contributed by atoms with Gasteiger partial charge >= 0.3 is 5.97 Å². The van der Waals surface area contributed by atoms with Crippen molar-refractivity contribution in [2.75, 3.05) is 5.32 Å². The molecule has 0 atom stereocenters. The molecule has 2 rings (SSSR count). The Morgan fingerprint density at radius 1 is 1.29 bits per heavy atom. The van der Waals surface area contributed by atoms with Crippen molar-refractivity contribution >= 4 is 29.2 Å². The van der Waals surface area contributed by atoms with Crippen LogP contribution < -0.4 is 5.32 Å². The van der Waals surface area contributed by atoms with E-state index in [1.54, 1.807) is 31.2 Å². The molecule has 1 aromatic carbocycles. The van der Waals surface area contributed by atoms with Crippen LogP contribution in [0.1, 0.15) is 16.1 Å². The normalized spacial score (nSPS) is 10.7. The number of hydrogen-bond donors (Lipinski definition) is 2. The Kier molecular flexibility index (Phi) is 4.74. The number of benzene rings is 1. The highest BCUT2D eigenvalue weighted by atomic mass is 32.2. The smallest absolute Gasteiger partial charge is 0.337 e. The summed E-state index contributed by atoms with van der Waals surface area (Å²) in [4.78, 5) is 15.4. The van der Waals surface area contributed by atoms with E-state index >= 15 is 0 Å². The standard InChI is InChI=1S/C14H12F2N2O2S/c1-8-9(13(19)20)6-7-12(17-8)18-10-4-2-3-5-11(10)21-14(15)16/h2-7,14H,1H3,(H,17,18)(H,19,20). The van der Waals surface area contributed by atoms with E-state index in [0.717, 1.165) is 0 Å². The number of anilines is 2. The predicted molar refractivity (Wildman–Crippen MR) is 77.5 cm³/mol. The van der Waals surface area contributed by atoms with Crippen molar-refractivity contribution in [3.63, 3.8) is 0 Å². The zero-order chi connectivity index (χ0) is 15.4. The summed E-state index contributed by atoms with van der Waals surface area (Å²) in [6.45, 7) is 1.58. The lowest BCUT2D eigenvalue weighted by molar-refractivity contribution is 0.0695. The number of aromatic nitrogens is 1. The minimum Gasteiger partial charge on any atom is -0.478 e. The van der Waals surface area contributed by atoms with E-state index in [4.69, 9.17) is 5.11 Å². The van der Waals surface area contributed by atoms with Gasteiger partial charge in [0, 0.05) is 4.90 Å². The first-order valence-electron chi connectivity index (χ1n) is 5.99. The van der Waals surface area contributed by atoms with E-state index in [9.17, 15) is 13.6 Å². The highest BCUT2D eigenvalue weighted by Gasteiger charge is 2.12. The Balaban J connectivity index is 2.26. The molecule has 0 spiro atoms. The van der Waals surface area contributed by atoms with Gasteiger partial charge in [-0.05, 0) is 31.2 Å². The largest absolute Gasteiger partial charge is 0.478 e. The average molecular weight is 310 g/mol. The number of hydrogen-bond acceptors (Lipinski definition) is 4. The molecule has 1 heterocycles. The number of carboxylic acid groups (broad SMARTS) is 1. The number of alkyl halides is 2. The molecule has 0 aliphatic carbocycles. The summed E-state index contributed by atoms with van der Waals surface area (Å²) in [5.41, 5.74) is 0.958. The minimum absolute atomic E-state index is 0.107. The van der Waals surface area contributed by atoms with E-state index in [1.165, 1.54) is 12.1 Å². The minimum atomic E-state index is -2.52. The summed E-state index contributed by atoms with van der Waals surface area (Å²) in [7, 11) is 0. The van der Waals surface area contributed by atoms with Gasteiger partial charge in [-0.15, -0.1) is 0 Å². The van der Waals surface area contributed by atoms with Crippen molar-refractivity contribution in [3.05, 3.63) is 47.7 Å². The molecule has 2 aromatic rings. The van der Waals surface area contributed by atoms with Crippen LogP contribution in [-0.4, -0.2) is 21.8 Å². The second-order valence-corrected chi connectivity index (χ2v) is 5.17. The van der Waals surface area contributed by atoms with Gasteiger partial charge in [0.15, 0.2) is 0 Å². The van der Waals surface area contributed by atoms with Gasteiger partial charge in [0.25, 0.3) is 5.76 Å². The molecule has 0 bridgehead atoms. The summed E-state index contributed by atoms with van der Waals surface area (Å²) < 4.78 is 25.0. The van der Waals surface area contributed by atoms with Gasteiger partial charge in [-0.1, -0.05) is 23.9 Å². The number of pyridine rings is 1. The van der Waals surface area contributed by atoms with Gasteiger partial charge in [0.2, 0.25) is 0 Å². The van der Waals surface area contributed by atoms with Gasteiger partial charge in [-0.25, -0.2) is 9.78 Å². The molecule has 21 heavy (non-hydrogen) atoms. The van der Waals surface area contributed by atoms with E-state index in [0.29, 0.717) is 33.9 Å². The fourth-order valence-corrected chi connectivity index (χ4v) is 2.36. The molecule has 2 N–H and O–H groups in total. The first kappa shape index (κ1) is 15.2. The Bertz CT molecular complexity index is 665. The third-order valence-electron chi connectivity index (χ3n) is 2.68. The van der Waals surface area contributed by atoms with E-state index < -0.39 is 11.7 Å². The lowest BCUT2D eigenvalue weighted by atomic mass is 10.2. The quantitative estimate of drug-likeness (QED) is 0.812. The predicted octanol–water partition coefficient (Wildman–Crippen LogP) is 4.15. The number of nitrogens with zero attached hydrogens (tertiary/aromatic N) is 1. The zero-order valence-electron chi connectivity index (χ0n) is 11.0. The maximum Gasteiger partial charge on any atom is 0.337 e. The molecule has 0 aliphatic heterocycles. The summed E-state index contributed by atoms with van der Waals surface area (Å²) in [5.74, 6) is -3.17. The topological polar surface area (TPSA) is 62.2 Å². The molecule has 0 radical (unpaired) electrons. The number of aromatic carboxylic acids is 1. The number of aryl methyl sites for hydroxylation is 1. The SMILES string of the molecule is Cc1nc(Nc2ccccc2SC(F)F)ccc1C(=O)O. The van der Waals surface area contributed by atoms with Crippen molar-refractivity contribution in [1.29, 1.82) is 0 Å². The van der Waals surface area contributed by atoms with Crippen molar-refractivity contribution in [2.24, 2.45) is 0 Å². The number of nitrogens with one attached hydrogen (secondary N) is 1. The van der Waals surface area contributed by atoms with Gasteiger partial charge in [0.1, 0.15) is 5.82 Å². The molecule has 0 saturated carbocycles. The van der Waals surface area contributed by atoms with Crippen LogP contribution in [0.4, 0.5) is 20.3 Å². The van der Waals surface area contributed by atoms with Gasteiger partial charge < -0.3 is 10.4 Å². The first-order valence-corrected chi connectivity index (χ1v) is 6.87. The number of para-hydroxylation sites is 1. The molecular formula is C14H12F2N2O2S. The lowest BCUT2D eigenvalue weighted by Gasteiger charge is -2.11. The molecule has 0 fully saturated rings. The highest BCUT2D eigenvalue weighted by Crippen LogP contribution is 2.33. The summed E-state index contributed by atoms with van der Waals surface area (Å²) in [6, 6.07) is 9.55. The molecule has 4 nitrogen and oxygen atoms in total. The fourth-order valence-electron chi connectivity index (χ4n) is 1.76. The van der Waals surface area contributed by atoms with Crippen LogP contribution in [-0.2, 0) is 0 Å². The molecule has 1 aromatic heterocycles. The summed E-state index contributed by atoms with van der Waals surface area (Å²) >= 11 is 0.439. The molecule has 0 aliphatic rings. The molecule has 0 amide bonds. The Labute approximate surface area is 124 Å². The van der Waals surface area contributed by atoms with Gasteiger partial charge in [0.05, 0.1) is 16.9 Å². The Hall–Kier alpha value is -2.15. The molecule has 0 unspecified atom stereocenters. The molecule has 110 valence electrons. The van der Waals surface area contributed by atoms with Crippen LogP contribution in [0.15, 0.2) is 41.3 Å². The maximum absolute atomic E-state index is 12.5. The number of carboxylic acids is 1. The number of rotatable bonds is 5. The molecule has 0 saturated heterocycles. The fraction of sp³-hybridized carbons (Fsp3) is 0.143. The maximum atomic E-state index is 12.5. The monoisotopic (exact) mass is 310 g/mol. The second-order valence-electron chi connectivity index (χ2n) is 4.13. The van der Waals surface area contributed by atoms with Crippen LogP contribution in [0.25, 0.3) is 0 Å². The van der Waals surface area contributed by atoms with Crippen LogP contribution >= 0.6 is 11.8 Å². The zero-order valence-corrected chi connectivity index (χ0v) is 11.8. The van der Waals surface area contributed by atoms with E-state index in [2.05, 4.69) is 10.3 Å². The number of halogens is 2. The first-order chi connectivity index (χ1) is 9.97. The summed E-state index contributed by atoms with van der Waals surface area (Å²) in [6.07, 6.45) is 0. The average Bonchev–Trinajstić information content (AvgIpc) is 2.40. The third kappa shape index (κ3) is 3.91. The number of carbonyl (C=O) groups is 1. The number of thioether (sulfide) groups is 1. The second kappa shape index (κ2) is 6.53. The van der Waals surface area contributed by atoms with Crippen LogP contribution in [0, 0.1) is 6.92 Å². The van der Waals surface area contributed by atoms with Crippen LogP contribution in [0.3, 0.4) is 0 Å². The van der Waals surface area contributed by atoms with Crippen molar-refractivity contribution in [3.8, 4) is 0 Å². The molecule has 7 heteroatoms. The Morgan fingerprint density at radius 2 is 2.00 bits per heavy atom. The van der Waals surface area contributed by atoms with E-state index in [1.807, 2.05) is 0 Å².